The van der Waals surface area contributed by atoms with Gasteiger partial charge in [0.25, 0.3) is 0 Å². The molecular weight excluding hydrogens is 333 g/mol. The van der Waals surface area contributed by atoms with Crippen molar-refractivity contribution in [1.82, 2.24) is 20.8 Å². The number of hydrogen-bond acceptors (Lipinski definition) is 3. The fraction of sp³-hybridized carbons (Fsp3) is 0.474. The van der Waals surface area contributed by atoms with Crippen LogP contribution in [0.4, 0.5) is 4.39 Å². The van der Waals surface area contributed by atoms with Gasteiger partial charge < -0.3 is 15.4 Å². The Balaban J connectivity index is 1.76. The lowest BCUT2D eigenvalue weighted by molar-refractivity contribution is 0.229. The van der Waals surface area contributed by atoms with Crippen LogP contribution in [0, 0.1) is 12.7 Å². The van der Waals surface area contributed by atoms with Gasteiger partial charge in [-0.3, -0.25) is 5.10 Å². The van der Waals surface area contributed by atoms with Crippen LogP contribution in [0.15, 0.2) is 35.5 Å². The molecule has 1 unspecified atom stereocenters. The molecule has 0 radical (unpaired) electrons. The molecule has 0 spiro atoms. The summed E-state index contributed by atoms with van der Waals surface area (Å²) >= 11 is 0. The van der Waals surface area contributed by atoms with E-state index in [0.717, 1.165) is 37.6 Å². The first-order valence-corrected chi connectivity index (χ1v) is 9.01. The first-order valence-electron chi connectivity index (χ1n) is 9.01. The SMILES string of the molecule is CCNC(=NCC(C)Oc1cccc(F)c1)NCCCc1cn[nH]c1C. The Labute approximate surface area is 154 Å². The van der Waals surface area contributed by atoms with E-state index in [4.69, 9.17) is 4.74 Å². The number of aromatic nitrogens is 2. The van der Waals surface area contributed by atoms with E-state index in [2.05, 4.69) is 25.8 Å². The Morgan fingerprint density at radius 1 is 1.38 bits per heavy atom. The topological polar surface area (TPSA) is 74.3 Å². The van der Waals surface area contributed by atoms with Gasteiger partial charge in [-0.1, -0.05) is 6.07 Å². The lowest BCUT2D eigenvalue weighted by atomic mass is 10.1. The summed E-state index contributed by atoms with van der Waals surface area (Å²) in [7, 11) is 0. The van der Waals surface area contributed by atoms with Crippen LogP contribution in [-0.4, -0.2) is 41.9 Å². The number of rotatable bonds is 9. The van der Waals surface area contributed by atoms with E-state index >= 15 is 0 Å². The number of hydrogen-bond donors (Lipinski definition) is 3. The zero-order valence-corrected chi connectivity index (χ0v) is 15.7. The van der Waals surface area contributed by atoms with E-state index in [-0.39, 0.29) is 11.9 Å². The second kappa shape index (κ2) is 10.4. The van der Waals surface area contributed by atoms with Gasteiger partial charge in [-0.15, -0.1) is 0 Å². The highest BCUT2D eigenvalue weighted by molar-refractivity contribution is 5.79. The van der Waals surface area contributed by atoms with Crippen LogP contribution < -0.4 is 15.4 Å². The number of ether oxygens (including phenoxy) is 1. The van der Waals surface area contributed by atoms with Gasteiger partial charge in [0.05, 0.1) is 12.7 Å². The highest BCUT2D eigenvalue weighted by Gasteiger charge is 2.06. The number of aliphatic imine (C=N–C) groups is 1. The van der Waals surface area contributed by atoms with Crippen LogP contribution in [0.25, 0.3) is 0 Å². The minimum absolute atomic E-state index is 0.152. The number of aromatic amines is 1. The highest BCUT2D eigenvalue weighted by atomic mass is 19.1. The van der Waals surface area contributed by atoms with Crippen LogP contribution >= 0.6 is 0 Å². The molecule has 7 heteroatoms. The van der Waals surface area contributed by atoms with Gasteiger partial charge in [-0.05, 0) is 51.3 Å². The summed E-state index contributed by atoms with van der Waals surface area (Å²) in [6, 6.07) is 6.15. The molecule has 1 aromatic carbocycles. The van der Waals surface area contributed by atoms with Gasteiger partial charge >= 0.3 is 0 Å². The summed E-state index contributed by atoms with van der Waals surface area (Å²) in [5.41, 5.74) is 2.36. The normalized spacial score (nSPS) is 12.7. The number of aryl methyl sites for hydroxylation is 2. The van der Waals surface area contributed by atoms with Gasteiger partial charge in [0.2, 0.25) is 0 Å². The zero-order valence-electron chi connectivity index (χ0n) is 15.7. The van der Waals surface area contributed by atoms with Crippen molar-refractivity contribution in [2.75, 3.05) is 19.6 Å². The molecule has 3 N–H and O–H groups in total. The molecular formula is C19H28FN5O. The molecule has 0 saturated carbocycles. The average Bonchev–Trinajstić information content (AvgIpc) is 3.01. The summed E-state index contributed by atoms with van der Waals surface area (Å²) in [6.07, 6.45) is 3.68. The second-order valence-electron chi connectivity index (χ2n) is 6.16. The van der Waals surface area contributed by atoms with Crippen LogP contribution in [0.5, 0.6) is 5.75 Å². The van der Waals surface area contributed by atoms with Gasteiger partial charge in [-0.2, -0.15) is 5.10 Å². The van der Waals surface area contributed by atoms with Crippen molar-refractivity contribution in [3.8, 4) is 5.75 Å². The maximum absolute atomic E-state index is 13.2. The van der Waals surface area contributed by atoms with E-state index in [0.29, 0.717) is 12.3 Å². The molecule has 142 valence electrons. The lowest BCUT2D eigenvalue weighted by Gasteiger charge is -2.15. The molecule has 1 aromatic heterocycles. The Morgan fingerprint density at radius 3 is 2.92 bits per heavy atom. The Bertz CT molecular complexity index is 701. The number of halogens is 1. The summed E-state index contributed by atoms with van der Waals surface area (Å²) < 4.78 is 18.9. The van der Waals surface area contributed by atoms with Crippen LogP contribution in [0.1, 0.15) is 31.5 Å². The number of nitrogens with zero attached hydrogens (tertiary/aromatic N) is 2. The predicted octanol–water partition coefficient (Wildman–Crippen LogP) is 2.81. The Morgan fingerprint density at radius 2 is 2.23 bits per heavy atom. The fourth-order valence-corrected chi connectivity index (χ4v) is 2.48. The monoisotopic (exact) mass is 361 g/mol. The first kappa shape index (κ1) is 19.8. The van der Waals surface area contributed by atoms with Crippen LogP contribution in [-0.2, 0) is 6.42 Å². The van der Waals surface area contributed by atoms with Crippen molar-refractivity contribution < 1.29 is 9.13 Å². The van der Waals surface area contributed by atoms with Crippen molar-refractivity contribution >= 4 is 5.96 Å². The van der Waals surface area contributed by atoms with E-state index < -0.39 is 0 Å². The molecule has 0 aliphatic heterocycles. The molecule has 2 aromatic rings. The van der Waals surface area contributed by atoms with Crippen molar-refractivity contribution in [2.24, 2.45) is 4.99 Å². The van der Waals surface area contributed by atoms with Gasteiger partial charge in [0.1, 0.15) is 17.7 Å². The fourth-order valence-electron chi connectivity index (χ4n) is 2.48. The van der Waals surface area contributed by atoms with Crippen molar-refractivity contribution in [3.63, 3.8) is 0 Å². The maximum Gasteiger partial charge on any atom is 0.191 e. The summed E-state index contributed by atoms with van der Waals surface area (Å²) in [5.74, 6) is 0.966. The zero-order chi connectivity index (χ0) is 18.8. The highest BCUT2D eigenvalue weighted by Crippen LogP contribution is 2.13. The van der Waals surface area contributed by atoms with Crippen LogP contribution in [0.3, 0.4) is 0 Å². The molecule has 0 saturated heterocycles. The third-order valence-electron chi connectivity index (χ3n) is 3.83. The number of guanidine groups is 1. The third-order valence-corrected chi connectivity index (χ3v) is 3.83. The molecule has 0 aliphatic rings. The molecule has 0 bridgehead atoms. The van der Waals surface area contributed by atoms with Crippen molar-refractivity contribution in [3.05, 3.63) is 47.5 Å². The second-order valence-corrected chi connectivity index (χ2v) is 6.16. The van der Waals surface area contributed by atoms with E-state index in [1.165, 1.54) is 17.7 Å². The third kappa shape index (κ3) is 6.74. The average molecular weight is 361 g/mol. The largest absolute Gasteiger partial charge is 0.489 e. The maximum atomic E-state index is 13.2. The summed E-state index contributed by atoms with van der Waals surface area (Å²) in [5, 5.41) is 13.5. The van der Waals surface area contributed by atoms with Crippen LogP contribution in [0.2, 0.25) is 0 Å². The lowest BCUT2D eigenvalue weighted by Crippen LogP contribution is -2.38. The van der Waals surface area contributed by atoms with Crippen molar-refractivity contribution in [2.45, 2.75) is 39.7 Å². The Kier molecular flexibility index (Phi) is 7.92. The van der Waals surface area contributed by atoms with E-state index in [1.54, 1.807) is 12.1 Å². The van der Waals surface area contributed by atoms with Gasteiger partial charge in [-0.25, -0.2) is 9.38 Å². The van der Waals surface area contributed by atoms with Gasteiger partial charge in [0, 0.05) is 24.8 Å². The molecule has 0 amide bonds. The molecule has 1 atom stereocenters. The molecule has 6 nitrogen and oxygen atoms in total. The quantitative estimate of drug-likeness (QED) is 0.365. The van der Waals surface area contributed by atoms with Gasteiger partial charge in [0.15, 0.2) is 5.96 Å². The van der Waals surface area contributed by atoms with Crippen molar-refractivity contribution in [1.29, 1.82) is 0 Å². The number of H-pyrrole nitrogens is 1. The standard InChI is InChI=1S/C19H28FN5O/c1-4-21-19(22-10-6-7-16-13-24-25-15(16)3)23-12-14(2)26-18-9-5-8-17(20)11-18/h5,8-9,11,13-14H,4,6-7,10,12H2,1-3H3,(H,24,25)(H2,21,22,23). The minimum atomic E-state index is -0.305. The summed E-state index contributed by atoms with van der Waals surface area (Å²) in [4.78, 5) is 4.54. The minimum Gasteiger partial charge on any atom is -0.489 e. The number of nitrogens with one attached hydrogen (secondary N) is 3. The summed E-state index contributed by atoms with van der Waals surface area (Å²) in [6.45, 7) is 8.05. The molecule has 26 heavy (non-hydrogen) atoms. The predicted molar refractivity (Wildman–Crippen MR) is 102 cm³/mol. The van der Waals surface area contributed by atoms with E-state index in [9.17, 15) is 4.39 Å². The molecule has 2 rings (SSSR count). The molecule has 0 fully saturated rings. The smallest absolute Gasteiger partial charge is 0.191 e. The first-order chi connectivity index (χ1) is 12.6. The molecule has 1 heterocycles. The number of benzene rings is 1. The molecule has 0 aliphatic carbocycles. The Hall–Kier alpha value is -2.57. The van der Waals surface area contributed by atoms with E-state index in [1.807, 2.05) is 27.0 Å².